The molecular formula is C10H21N3OS. The first kappa shape index (κ1) is 14.2. The lowest BCUT2D eigenvalue weighted by Gasteiger charge is -2.27. The largest absolute Gasteiger partial charge is 0.393 e. The molecule has 0 radical (unpaired) electrons. The van der Waals surface area contributed by atoms with E-state index < -0.39 is 0 Å². The van der Waals surface area contributed by atoms with E-state index >= 15 is 0 Å². The van der Waals surface area contributed by atoms with Crippen LogP contribution in [0.1, 0.15) is 20.8 Å². The number of carbonyl (C=O) groups excluding carboxylic acids is 1. The van der Waals surface area contributed by atoms with Gasteiger partial charge in [0.1, 0.15) is 0 Å². The minimum Gasteiger partial charge on any atom is -0.393 e. The second kappa shape index (κ2) is 6.61. The molecule has 2 N–H and O–H groups in total. The average Bonchev–Trinajstić information content (AvgIpc) is 2.19. The summed E-state index contributed by atoms with van der Waals surface area (Å²) in [5.41, 5.74) is 5.51. The van der Waals surface area contributed by atoms with Gasteiger partial charge in [-0.3, -0.25) is 0 Å². The van der Waals surface area contributed by atoms with Crippen molar-refractivity contribution >= 4 is 23.2 Å². The standard InChI is InChI=1S/C10H21N3OS/c1-5-13(6-2)10(14)12(4)7-8(3)9(11)15/h8H,5-7H2,1-4H3,(H2,11,15). The molecule has 0 fully saturated rings. The summed E-state index contributed by atoms with van der Waals surface area (Å²) in [4.78, 5) is 15.7. The molecule has 0 aliphatic carbocycles. The highest BCUT2D eigenvalue weighted by Crippen LogP contribution is 2.02. The van der Waals surface area contributed by atoms with Gasteiger partial charge >= 0.3 is 6.03 Å². The lowest BCUT2D eigenvalue weighted by Crippen LogP contribution is -2.44. The third-order valence-corrected chi connectivity index (χ3v) is 2.80. The molecule has 1 unspecified atom stereocenters. The van der Waals surface area contributed by atoms with Gasteiger partial charge in [-0.05, 0) is 13.8 Å². The van der Waals surface area contributed by atoms with Crippen LogP contribution in [0.15, 0.2) is 0 Å². The molecule has 88 valence electrons. The molecule has 0 aromatic carbocycles. The Kier molecular flexibility index (Phi) is 6.24. The van der Waals surface area contributed by atoms with Crippen molar-refractivity contribution in [2.24, 2.45) is 11.7 Å². The van der Waals surface area contributed by atoms with Gasteiger partial charge in [0.05, 0.1) is 4.99 Å². The molecule has 15 heavy (non-hydrogen) atoms. The minimum absolute atomic E-state index is 0.0306. The summed E-state index contributed by atoms with van der Waals surface area (Å²) >= 11 is 4.87. The van der Waals surface area contributed by atoms with Crippen LogP contribution < -0.4 is 5.73 Å². The zero-order valence-electron chi connectivity index (χ0n) is 9.99. The Bertz CT molecular complexity index is 229. The molecule has 2 amide bonds. The highest BCUT2D eigenvalue weighted by Gasteiger charge is 2.17. The van der Waals surface area contributed by atoms with Crippen LogP contribution in [0, 0.1) is 5.92 Å². The maximum absolute atomic E-state index is 11.8. The van der Waals surface area contributed by atoms with Crippen LogP contribution in [0.2, 0.25) is 0 Å². The van der Waals surface area contributed by atoms with Crippen LogP contribution in [-0.4, -0.2) is 47.5 Å². The molecule has 0 bridgehead atoms. The zero-order chi connectivity index (χ0) is 12.0. The van der Waals surface area contributed by atoms with E-state index in [9.17, 15) is 4.79 Å². The van der Waals surface area contributed by atoms with Crippen LogP contribution in [0.3, 0.4) is 0 Å². The van der Waals surface area contributed by atoms with Crippen molar-refractivity contribution in [1.82, 2.24) is 9.80 Å². The van der Waals surface area contributed by atoms with E-state index in [0.29, 0.717) is 11.5 Å². The maximum Gasteiger partial charge on any atom is 0.319 e. The van der Waals surface area contributed by atoms with Crippen molar-refractivity contribution in [2.75, 3.05) is 26.7 Å². The molecule has 5 heteroatoms. The molecule has 0 spiro atoms. The molecule has 0 saturated heterocycles. The number of hydrogen-bond acceptors (Lipinski definition) is 2. The van der Waals surface area contributed by atoms with Crippen LogP contribution in [0.5, 0.6) is 0 Å². The normalized spacial score (nSPS) is 12.0. The molecule has 0 aliphatic rings. The van der Waals surface area contributed by atoms with E-state index in [1.807, 2.05) is 20.8 Å². The second-order valence-corrected chi connectivity index (χ2v) is 4.11. The lowest BCUT2D eigenvalue weighted by atomic mass is 10.2. The molecule has 0 aliphatic heterocycles. The number of nitrogens with zero attached hydrogens (tertiary/aromatic N) is 2. The van der Waals surface area contributed by atoms with Crippen LogP contribution in [0.4, 0.5) is 4.79 Å². The van der Waals surface area contributed by atoms with E-state index in [1.165, 1.54) is 0 Å². The summed E-state index contributed by atoms with van der Waals surface area (Å²) in [5, 5.41) is 0. The summed E-state index contributed by atoms with van der Waals surface area (Å²) in [6, 6.07) is 0.0306. The first-order chi connectivity index (χ1) is 6.93. The number of nitrogens with two attached hydrogens (primary N) is 1. The van der Waals surface area contributed by atoms with Crippen molar-refractivity contribution in [1.29, 1.82) is 0 Å². The van der Waals surface area contributed by atoms with Gasteiger partial charge in [0, 0.05) is 32.6 Å². The van der Waals surface area contributed by atoms with Gasteiger partial charge in [-0.15, -0.1) is 0 Å². The average molecular weight is 231 g/mol. The Morgan fingerprint density at radius 2 is 1.87 bits per heavy atom. The van der Waals surface area contributed by atoms with Crippen molar-refractivity contribution < 1.29 is 4.79 Å². The van der Waals surface area contributed by atoms with Crippen molar-refractivity contribution in [2.45, 2.75) is 20.8 Å². The summed E-state index contributed by atoms with van der Waals surface area (Å²) in [5.74, 6) is 0.0597. The monoisotopic (exact) mass is 231 g/mol. The number of urea groups is 1. The number of carbonyl (C=O) groups is 1. The Morgan fingerprint density at radius 1 is 1.40 bits per heavy atom. The lowest BCUT2D eigenvalue weighted by molar-refractivity contribution is 0.165. The van der Waals surface area contributed by atoms with E-state index in [2.05, 4.69) is 0 Å². The molecule has 0 heterocycles. The Labute approximate surface area is 97.4 Å². The van der Waals surface area contributed by atoms with E-state index in [-0.39, 0.29) is 11.9 Å². The molecule has 0 saturated carbocycles. The van der Waals surface area contributed by atoms with Crippen molar-refractivity contribution in [3.8, 4) is 0 Å². The SMILES string of the molecule is CCN(CC)C(=O)N(C)CC(C)C(N)=S. The van der Waals surface area contributed by atoms with Gasteiger partial charge in [-0.2, -0.15) is 0 Å². The molecule has 4 nitrogen and oxygen atoms in total. The fourth-order valence-corrected chi connectivity index (χ4v) is 1.39. The molecule has 0 rings (SSSR count). The number of hydrogen-bond donors (Lipinski definition) is 1. The number of amides is 2. The third kappa shape index (κ3) is 4.46. The Balaban J connectivity index is 4.26. The van der Waals surface area contributed by atoms with Crippen LogP contribution in [0.25, 0.3) is 0 Å². The minimum atomic E-state index is 0.0306. The number of thiocarbonyl (C=S) groups is 1. The first-order valence-corrected chi connectivity index (χ1v) is 5.64. The fraction of sp³-hybridized carbons (Fsp3) is 0.800. The third-order valence-electron chi connectivity index (χ3n) is 2.39. The summed E-state index contributed by atoms with van der Waals surface area (Å²) in [6.07, 6.45) is 0. The van der Waals surface area contributed by atoms with E-state index in [0.717, 1.165) is 13.1 Å². The predicted molar refractivity (Wildman–Crippen MR) is 66.9 cm³/mol. The highest BCUT2D eigenvalue weighted by molar-refractivity contribution is 7.80. The summed E-state index contributed by atoms with van der Waals surface area (Å²) in [6.45, 7) is 7.87. The van der Waals surface area contributed by atoms with E-state index in [1.54, 1.807) is 16.8 Å². The van der Waals surface area contributed by atoms with Gasteiger partial charge in [-0.1, -0.05) is 19.1 Å². The fourth-order valence-electron chi connectivity index (χ4n) is 1.31. The smallest absolute Gasteiger partial charge is 0.319 e. The summed E-state index contributed by atoms with van der Waals surface area (Å²) in [7, 11) is 1.77. The Morgan fingerprint density at radius 3 is 2.20 bits per heavy atom. The summed E-state index contributed by atoms with van der Waals surface area (Å²) < 4.78 is 0. The van der Waals surface area contributed by atoms with Crippen LogP contribution >= 0.6 is 12.2 Å². The van der Waals surface area contributed by atoms with E-state index in [4.69, 9.17) is 18.0 Å². The Hall–Kier alpha value is -0.840. The van der Waals surface area contributed by atoms with Gasteiger partial charge in [0.25, 0.3) is 0 Å². The van der Waals surface area contributed by atoms with Gasteiger partial charge in [0.15, 0.2) is 0 Å². The maximum atomic E-state index is 11.8. The van der Waals surface area contributed by atoms with Crippen LogP contribution in [-0.2, 0) is 0 Å². The molecule has 0 aromatic rings. The quantitative estimate of drug-likeness (QED) is 0.726. The van der Waals surface area contributed by atoms with Gasteiger partial charge in [0.2, 0.25) is 0 Å². The molecule has 1 atom stereocenters. The second-order valence-electron chi connectivity index (χ2n) is 3.64. The zero-order valence-corrected chi connectivity index (χ0v) is 10.8. The molecular weight excluding hydrogens is 210 g/mol. The highest BCUT2D eigenvalue weighted by atomic mass is 32.1. The van der Waals surface area contributed by atoms with Crippen molar-refractivity contribution in [3.05, 3.63) is 0 Å². The number of rotatable bonds is 5. The van der Waals surface area contributed by atoms with Gasteiger partial charge in [-0.25, -0.2) is 4.79 Å². The predicted octanol–water partition coefficient (Wildman–Crippen LogP) is 1.30. The van der Waals surface area contributed by atoms with Crippen molar-refractivity contribution in [3.63, 3.8) is 0 Å². The molecule has 0 aromatic heterocycles. The topological polar surface area (TPSA) is 49.6 Å². The van der Waals surface area contributed by atoms with Gasteiger partial charge < -0.3 is 15.5 Å². The first-order valence-electron chi connectivity index (χ1n) is 5.23.